The summed E-state index contributed by atoms with van der Waals surface area (Å²) in [7, 11) is 0. The number of aromatic nitrogens is 2. The smallest absolute Gasteiger partial charge is 0.257 e. The van der Waals surface area contributed by atoms with E-state index in [1.54, 1.807) is 6.20 Å². The van der Waals surface area contributed by atoms with Gasteiger partial charge in [0.15, 0.2) is 0 Å². The van der Waals surface area contributed by atoms with Gasteiger partial charge in [-0.25, -0.2) is 4.39 Å². The standard InChI is InChI=1S/C23H31FN4O/c1-3-17(2)28-22(19-7-8-19)21(15-25-28)23(29)27-12-4-11-26(13-14-27)16-18-5-9-20(24)10-6-18/h5-6,9-10,15,17,19H,3-4,7-8,11-14,16H2,1-2H3. The van der Waals surface area contributed by atoms with Crippen LogP contribution < -0.4 is 0 Å². The number of amides is 1. The van der Waals surface area contributed by atoms with Crippen LogP contribution in [0.15, 0.2) is 30.5 Å². The molecule has 2 fully saturated rings. The Morgan fingerprint density at radius 2 is 1.93 bits per heavy atom. The lowest BCUT2D eigenvalue weighted by Gasteiger charge is -2.22. The summed E-state index contributed by atoms with van der Waals surface area (Å²) in [5.41, 5.74) is 3.06. The first-order valence-electron chi connectivity index (χ1n) is 10.9. The van der Waals surface area contributed by atoms with Crippen LogP contribution >= 0.6 is 0 Å². The molecule has 1 atom stereocenters. The topological polar surface area (TPSA) is 41.4 Å². The number of carbonyl (C=O) groups is 1. The molecule has 6 heteroatoms. The molecular formula is C23H31FN4O. The first-order valence-corrected chi connectivity index (χ1v) is 10.9. The minimum Gasteiger partial charge on any atom is -0.337 e. The molecule has 1 aliphatic heterocycles. The van der Waals surface area contributed by atoms with E-state index in [4.69, 9.17) is 0 Å². The van der Waals surface area contributed by atoms with Crippen molar-refractivity contribution in [3.8, 4) is 0 Å². The first-order chi connectivity index (χ1) is 14.1. The van der Waals surface area contributed by atoms with Gasteiger partial charge in [-0.2, -0.15) is 5.10 Å². The Morgan fingerprint density at radius 1 is 1.17 bits per heavy atom. The lowest BCUT2D eigenvalue weighted by atomic mass is 10.1. The predicted molar refractivity (Wildman–Crippen MR) is 111 cm³/mol. The van der Waals surface area contributed by atoms with Crippen LogP contribution in [-0.2, 0) is 6.54 Å². The van der Waals surface area contributed by atoms with Gasteiger partial charge in [0.25, 0.3) is 5.91 Å². The fraction of sp³-hybridized carbons (Fsp3) is 0.565. The highest BCUT2D eigenvalue weighted by Crippen LogP contribution is 2.43. The summed E-state index contributed by atoms with van der Waals surface area (Å²) in [6.45, 7) is 8.41. The molecule has 0 bridgehead atoms. The van der Waals surface area contributed by atoms with Crippen molar-refractivity contribution in [3.63, 3.8) is 0 Å². The van der Waals surface area contributed by atoms with Gasteiger partial charge in [-0.15, -0.1) is 0 Å². The van der Waals surface area contributed by atoms with Crippen LogP contribution in [0.2, 0.25) is 0 Å². The summed E-state index contributed by atoms with van der Waals surface area (Å²) in [6, 6.07) is 7.03. The SMILES string of the molecule is CCC(C)n1ncc(C(=O)N2CCCN(Cc3ccc(F)cc3)CC2)c1C1CC1. The maximum Gasteiger partial charge on any atom is 0.257 e. The van der Waals surface area contributed by atoms with E-state index in [0.29, 0.717) is 12.0 Å². The highest BCUT2D eigenvalue weighted by atomic mass is 19.1. The van der Waals surface area contributed by atoms with Crippen LogP contribution in [0, 0.1) is 5.82 Å². The van der Waals surface area contributed by atoms with E-state index in [2.05, 4.69) is 28.5 Å². The first kappa shape index (κ1) is 20.1. The van der Waals surface area contributed by atoms with Crippen molar-refractivity contribution in [2.24, 2.45) is 0 Å². The number of benzene rings is 1. The average molecular weight is 399 g/mol. The number of hydrogen-bond acceptors (Lipinski definition) is 3. The lowest BCUT2D eigenvalue weighted by molar-refractivity contribution is 0.0759. The van der Waals surface area contributed by atoms with Gasteiger partial charge in [-0.3, -0.25) is 14.4 Å². The Balaban J connectivity index is 1.43. The van der Waals surface area contributed by atoms with Crippen LogP contribution in [0.4, 0.5) is 4.39 Å². The summed E-state index contributed by atoms with van der Waals surface area (Å²) in [5.74, 6) is 0.420. The molecule has 156 valence electrons. The third kappa shape index (κ3) is 4.53. The fourth-order valence-corrected chi connectivity index (χ4v) is 4.17. The highest BCUT2D eigenvalue weighted by Gasteiger charge is 2.34. The number of nitrogens with zero attached hydrogens (tertiary/aromatic N) is 4. The summed E-state index contributed by atoms with van der Waals surface area (Å²) < 4.78 is 15.2. The van der Waals surface area contributed by atoms with Crippen molar-refractivity contribution < 1.29 is 9.18 Å². The molecule has 1 saturated carbocycles. The van der Waals surface area contributed by atoms with E-state index in [1.165, 1.54) is 12.1 Å². The Hall–Kier alpha value is -2.21. The van der Waals surface area contributed by atoms with Gasteiger partial charge in [0.2, 0.25) is 0 Å². The maximum absolute atomic E-state index is 13.3. The van der Waals surface area contributed by atoms with Gasteiger partial charge in [0.1, 0.15) is 5.82 Å². The molecule has 0 spiro atoms. The van der Waals surface area contributed by atoms with E-state index >= 15 is 0 Å². The summed E-state index contributed by atoms with van der Waals surface area (Å²) in [6.07, 6.45) is 6.08. The molecule has 1 aromatic carbocycles. The van der Waals surface area contributed by atoms with Crippen molar-refractivity contribution in [1.82, 2.24) is 19.6 Å². The molecule has 1 unspecified atom stereocenters. The Morgan fingerprint density at radius 3 is 2.62 bits per heavy atom. The van der Waals surface area contributed by atoms with Gasteiger partial charge >= 0.3 is 0 Å². The summed E-state index contributed by atoms with van der Waals surface area (Å²) in [4.78, 5) is 17.7. The van der Waals surface area contributed by atoms with Crippen LogP contribution in [0.1, 0.15) is 73.1 Å². The van der Waals surface area contributed by atoms with Crippen molar-refractivity contribution >= 4 is 5.91 Å². The molecule has 1 saturated heterocycles. The van der Waals surface area contributed by atoms with Crippen LogP contribution in [0.5, 0.6) is 0 Å². The maximum atomic E-state index is 13.3. The molecule has 2 aliphatic rings. The molecule has 2 heterocycles. The van der Waals surface area contributed by atoms with Gasteiger partial charge in [0, 0.05) is 44.7 Å². The van der Waals surface area contributed by atoms with Crippen LogP contribution in [0.3, 0.4) is 0 Å². The summed E-state index contributed by atoms with van der Waals surface area (Å²) in [5, 5.41) is 4.59. The number of hydrogen-bond donors (Lipinski definition) is 0. The van der Waals surface area contributed by atoms with E-state index in [-0.39, 0.29) is 11.7 Å². The van der Waals surface area contributed by atoms with Gasteiger partial charge in [0.05, 0.1) is 17.5 Å². The third-order valence-electron chi connectivity index (χ3n) is 6.23. The Bertz CT molecular complexity index is 843. The van der Waals surface area contributed by atoms with Crippen molar-refractivity contribution in [2.45, 2.75) is 58.0 Å². The molecule has 2 aromatic rings. The minimum absolute atomic E-state index is 0.130. The van der Waals surface area contributed by atoms with Gasteiger partial charge in [-0.05, 0) is 50.3 Å². The van der Waals surface area contributed by atoms with Crippen molar-refractivity contribution in [2.75, 3.05) is 26.2 Å². The molecule has 5 nitrogen and oxygen atoms in total. The normalized spacial score (nSPS) is 19.2. The van der Waals surface area contributed by atoms with Crippen molar-refractivity contribution in [3.05, 3.63) is 53.1 Å². The molecule has 0 N–H and O–H groups in total. The molecule has 29 heavy (non-hydrogen) atoms. The molecule has 4 rings (SSSR count). The van der Waals surface area contributed by atoms with E-state index < -0.39 is 0 Å². The zero-order valence-corrected chi connectivity index (χ0v) is 17.5. The second-order valence-corrected chi connectivity index (χ2v) is 8.47. The third-order valence-corrected chi connectivity index (χ3v) is 6.23. The second-order valence-electron chi connectivity index (χ2n) is 8.47. The molecule has 1 amide bonds. The highest BCUT2D eigenvalue weighted by molar-refractivity contribution is 5.95. The van der Waals surface area contributed by atoms with Gasteiger partial charge < -0.3 is 4.90 Å². The second kappa shape index (κ2) is 8.66. The van der Waals surface area contributed by atoms with Crippen LogP contribution in [-0.4, -0.2) is 51.7 Å². The lowest BCUT2D eigenvalue weighted by Crippen LogP contribution is -2.35. The van der Waals surface area contributed by atoms with E-state index in [0.717, 1.165) is 75.2 Å². The van der Waals surface area contributed by atoms with Crippen molar-refractivity contribution in [1.29, 1.82) is 0 Å². The zero-order valence-electron chi connectivity index (χ0n) is 17.5. The Kier molecular flexibility index (Phi) is 5.99. The molecule has 0 radical (unpaired) electrons. The zero-order chi connectivity index (χ0) is 20.4. The minimum atomic E-state index is -0.203. The predicted octanol–water partition coefficient (Wildman–Crippen LogP) is 4.22. The average Bonchev–Trinajstić information content (AvgIpc) is 3.52. The van der Waals surface area contributed by atoms with Crippen LogP contribution in [0.25, 0.3) is 0 Å². The molecule has 1 aromatic heterocycles. The number of rotatable bonds is 6. The largest absolute Gasteiger partial charge is 0.337 e. The van der Waals surface area contributed by atoms with Gasteiger partial charge in [-0.1, -0.05) is 19.1 Å². The number of carbonyl (C=O) groups excluding carboxylic acids is 1. The monoisotopic (exact) mass is 398 g/mol. The molecular weight excluding hydrogens is 367 g/mol. The fourth-order valence-electron chi connectivity index (χ4n) is 4.17. The quantitative estimate of drug-likeness (QED) is 0.732. The molecule has 1 aliphatic carbocycles. The Labute approximate surface area is 172 Å². The number of halogens is 1. The summed E-state index contributed by atoms with van der Waals surface area (Å²) >= 11 is 0. The van der Waals surface area contributed by atoms with E-state index in [9.17, 15) is 9.18 Å². The van der Waals surface area contributed by atoms with E-state index in [1.807, 2.05) is 17.0 Å².